The van der Waals surface area contributed by atoms with E-state index >= 15 is 0 Å². The molecule has 146 valence electrons. The second-order valence-electron chi connectivity index (χ2n) is 6.71. The van der Waals surface area contributed by atoms with Crippen LogP contribution in [0.5, 0.6) is 0 Å². The third kappa shape index (κ3) is 3.36. The quantitative estimate of drug-likeness (QED) is 0.684. The maximum atomic E-state index is 14.0. The van der Waals surface area contributed by atoms with E-state index in [2.05, 4.69) is 0 Å². The summed E-state index contributed by atoms with van der Waals surface area (Å²) in [6.45, 7) is 0.306. The van der Waals surface area contributed by atoms with Crippen LogP contribution in [0.3, 0.4) is 0 Å². The lowest BCUT2D eigenvalue weighted by molar-refractivity contribution is 0.0978. The van der Waals surface area contributed by atoms with Gasteiger partial charge in [-0.1, -0.05) is 23.7 Å². The van der Waals surface area contributed by atoms with Gasteiger partial charge in [-0.05, 0) is 60.0 Å². The summed E-state index contributed by atoms with van der Waals surface area (Å²) in [6.07, 6.45) is 0.526. The second kappa shape index (κ2) is 7.29. The number of rotatable bonds is 3. The third-order valence-corrected chi connectivity index (χ3v) is 5.29. The molecule has 1 heterocycles. The van der Waals surface area contributed by atoms with Crippen LogP contribution in [0.4, 0.5) is 14.5 Å². The number of halogens is 3. The summed E-state index contributed by atoms with van der Waals surface area (Å²) < 4.78 is 28.0. The van der Waals surface area contributed by atoms with Crippen molar-refractivity contribution in [2.24, 2.45) is 5.73 Å². The van der Waals surface area contributed by atoms with Crippen molar-refractivity contribution in [2.75, 3.05) is 11.4 Å². The van der Waals surface area contributed by atoms with Gasteiger partial charge in [0.2, 0.25) is 5.91 Å². The van der Waals surface area contributed by atoms with Crippen molar-refractivity contribution in [3.63, 3.8) is 0 Å². The topological polar surface area (TPSA) is 63.4 Å². The zero-order valence-corrected chi connectivity index (χ0v) is 15.8. The predicted molar refractivity (Wildman–Crippen MR) is 107 cm³/mol. The highest BCUT2D eigenvalue weighted by Gasteiger charge is 2.29. The molecule has 3 aromatic rings. The maximum Gasteiger partial charge on any atom is 0.264 e. The summed E-state index contributed by atoms with van der Waals surface area (Å²) in [5.41, 5.74) is 7.92. The van der Waals surface area contributed by atoms with Gasteiger partial charge in [0.15, 0.2) is 0 Å². The molecule has 0 saturated heterocycles. The molecule has 1 aliphatic heterocycles. The number of amides is 2. The standard InChI is InChI=1S/C22H15ClF2N2O2/c23-16-6-4-14(21(26)28)11-15(16)12-5-7-19-13(10-12)8-9-27(19)22(29)20-17(24)2-1-3-18(20)25/h1-7,10-11H,8-9H2,(H2,26,28). The van der Waals surface area contributed by atoms with Crippen LogP contribution in [-0.4, -0.2) is 18.4 Å². The van der Waals surface area contributed by atoms with Gasteiger partial charge in [0.1, 0.15) is 17.2 Å². The first-order valence-electron chi connectivity index (χ1n) is 8.85. The molecule has 0 aliphatic carbocycles. The van der Waals surface area contributed by atoms with E-state index in [1.165, 1.54) is 11.0 Å². The van der Waals surface area contributed by atoms with Crippen molar-refractivity contribution in [3.05, 3.63) is 87.9 Å². The van der Waals surface area contributed by atoms with Crippen molar-refractivity contribution in [3.8, 4) is 11.1 Å². The van der Waals surface area contributed by atoms with Gasteiger partial charge >= 0.3 is 0 Å². The fraction of sp³-hybridized carbons (Fsp3) is 0.0909. The highest BCUT2D eigenvalue weighted by Crippen LogP contribution is 2.36. The Morgan fingerprint density at radius 3 is 2.41 bits per heavy atom. The van der Waals surface area contributed by atoms with Gasteiger partial charge in [-0.3, -0.25) is 9.59 Å². The van der Waals surface area contributed by atoms with Crippen LogP contribution in [0.25, 0.3) is 11.1 Å². The number of hydrogen-bond acceptors (Lipinski definition) is 2. The lowest BCUT2D eigenvalue weighted by atomic mass is 9.99. The minimum atomic E-state index is -0.893. The monoisotopic (exact) mass is 412 g/mol. The highest BCUT2D eigenvalue weighted by atomic mass is 35.5. The maximum absolute atomic E-state index is 14.0. The zero-order valence-electron chi connectivity index (χ0n) is 15.1. The van der Waals surface area contributed by atoms with Gasteiger partial charge < -0.3 is 10.6 Å². The zero-order chi connectivity index (χ0) is 20.7. The smallest absolute Gasteiger partial charge is 0.264 e. The van der Waals surface area contributed by atoms with Crippen LogP contribution in [0.2, 0.25) is 5.02 Å². The summed E-state index contributed by atoms with van der Waals surface area (Å²) in [5, 5.41) is 0.453. The predicted octanol–water partition coefficient (Wildman–Crippen LogP) is 4.59. The van der Waals surface area contributed by atoms with Crippen molar-refractivity contribution < 1.29 is 18.4 Å². The molecule has 0 bridgehead atoms. The lowest BCUT2D eigenvalue weighted by Gasteiger charge is -2.18. The van der Waals surface area contributed by atoms with Crippen LogP contribution >= 0.6 is 11.6 Å². The summed E-state index contributed by atoms with van der Waals surface area (Å²) >= 11 is 6.28. The molecule has 3 aromatic carbocycles. The number of carbonyl (C=O) groups is 2. The van der Waals surface area contributed by atoms with E-state index in [4.69, 9.17) is 17.3 Å². The summed E-state index contributed by atoms with van der Waals surface area (Å²) in [6, 6.07) is 13.4. The van der Waals surface area contributed by atoms with Gasteiger partial charge in [0.25, 0.3) is 5.91 Å². The summed E-state index contributed by atoms with van der Waals surface area (Å²) in [7, 11) is 0. The Labute approximate surface area is 170 Å². The third-order valence-electron chi connectivity index (χ3n) is 4.96. The Hall–Kier alpha value is -3.25. The number of nitrogens with zero attached hydrogens (tertiary/aromatic N) is 1. The minimum absolute atomic E-state index is 0.306. The van der Waals surface area contributed by atoms with E-state index in [-0.39, 0.29) is 0 Å². The Morgan fingerprint density at radius 2 is 1.72 bits per heavy atom. The minimum Gasteiger partial charge on any atom is -0.366 e. The van der Waals surface area contributed by atoms with E-state index in [0.717, 1.165) is 23.3 Å². The molecule has 0 atom stereocenters. The number of nitrogens with two attached hydrogens (primary N) is 1. The molecule has 7 heteroatoms. The van der Waals surface area contributed by atoms with E-state index in [1.54, 1.807) is 30.3 Å². The van der Waals surface area contributed by atoms with Crippen molar-refractivity contribution in [1.29, 1.82) is 0 Å². The molecule has 0 saturated carbocycles. The Balaban J connectivity index is 1.71. The molecular formula is C22H15ClF2N2O2. The molecule has 0 unspecified atom stereocenters. The van der Waals surface area contributed by atoms with Crippen molar-refractivity contribution >= 4 is 29.1 Å². The van der Waals surface area contributed by atoms with Crippen molar-refractivity contribution in [1.82, 2.24) is 0 Å². The van der Waals surface area contributed by atoms with Crippen molar-refractivity contribution in [2.45, 2.75) is 6.42 Å². The first-order valence-corrected chi connectivity index (χ1v) is 9.23. The number of carbonyl (C=O) groups excluding carboxylic acids is 2. The fourth-order valence-electron chi connectivity index (χ4n) is 3.52. The number of fused-ring (bicyclic) bond motifs is 1. The van der Waals surface area contributed by atoms with Gasteiger partial charge in [-0.25, -0.2) is 8.78 Å². The Morgan fingerprint density at radius 1 is 1.00 bits per heavy atom. The second-order valence-corrected chi connectivity index (χ2v) is 7.11. The molecule has 0 aromatic heterocycles. The largest absolute Gasteiger partial charge is 0.366 e. The van der Waals surface area contributed by atoms with Gasteiger partial charge in [0.05, 0.1) is 0 Å². The molecule has 4 rings (SSSR count). The number of hydrogen-bond donors (Lipinski definition) is 1. The molecule has 29 heavy (non-hydrogen) atoms. The van der Waals surface area contributed by atoms with Gasteiger partial charge in [-0.15, -0.1) is 0 Å². The van der Waals surface area contributed by atoms with E-state index < -0.39 is 29.0 Å². The molecule has 4 nitrogen and oxygen atoms in total. The van der Waals surface area contributed by atoms with Crippen LogP contribution < -0.4 is 10.6 Å². The van der Waals surface area contributed by atoms with E-state index in [9.17, 15) is 18.4 Å². The van der Waals surface area contributed by atoms with Crippen LogP contribution in [0.1, 0.15) is 26.3 Å². The number of primary amides is 1. The van der Waals surface area contributed by atoms with Gasteiger partial charge in [-0.2, -0.15) is 0 Å². The summed E-state index contributed by atoms with van der Waals surface area (Å²) in [5.74, 6) is -3.07. The molecule has 0 spiro atoms. The SMILES string of the molecule is NC(=O)c1ccc(Cl)c(-c2ccc3c(c2)CCN3C(=O)c2c(F)cccc2F)c1. The summed E-state index contributed by atoms with van der Waals surface area (Å²) in [4.78, 5) is 25.6. The average molecular weight is 413 g/mol. The number of benzene rings is 3. The lowest BCUT2D eigenvalue weighted by Crippen LogP contribution is -2.30. The van der Waals surface area contributed by atoms with Gasteiger partial charge in [0, 0.05) is 28.4 Å². The first-order chi connectivity index (χ1) is 13.9. The van der Waals surface area contributed by atoms with Crippen LogP contribution in [0.15, 0.2) is 54.6 Å². The number of anilines is 1. The molecule has 0 fully saturated rings. The van der Waals surface area contributed by atoms with Crippen LogP contribution in [0, 0.1) is 11.6 Å². The molecule has 2 N–H and O–H groups in total. The normalized spacial score (nSPS) is 12.7. The van der Waals surface area contributed by atoms with E-state index in [1.807, 2.05) is 6.07 Å². The average Bonchev–Trinajstić information content (AvgIpc) is 3.11. The Kier molecular flexibility index (Phi) is 4.80. The van der Waals surface area contributed by atoms with E-state index in [0.29, 0.717) is 34.8 Å². The molecule has 2 amide bonds. The van der Waals surface area contributed by atoms with Crippen LogP contribution in [-0.2, 0) is 6.42 Å². The highest BCUT2D eigenvalue weighted by molar-refractivity contribution is 6.33. The molecular weight excluding hydrogens is 398 g/mol. The molecule has 1 aliphatic rings. The first kappa shape index (κ1) is 19.1. The fourth-order valence-corrected chi connectivity index (χ4v) is 3.74. The Bertz CT molecular complexity index is 1140. The molecule has 0 radical (unpaired) electrons.